The predicted molar refractivity (Wildman–Crippen MR) is 203 cm³/mol. The van der Waals surface area contributed by atoms with Gasteiger partial charge in [-0.25, -0.2) is 9.97 Å². The first-order chi connectivity index (χ1) is 23.5. The molecule has 11 heteroatoms. The van der Waals surface area contributed by atoms with Gasteiger partial charge in [0.2, 0.25) is 0 Å². The Morgan fingerprint density at radius 3 is 1.90 bits per heavy atom. The summed E-state index contributed by atoms with van der Waals surface area (Å²) in [5.41, 5.74) is 4.89. The van der Waals surface area contributed by atoms with E-state index in [1.807, 2.05) is 53.0 Å². The number of carbonyl (C=O) groups is 1. The first-order valence-electron chi connectivity index (χ1n) is 17.8. The molecule has 0 bridgehead atoms. The molecule has 2 aliphatic rings. The van der Waals surface area contributed by atoms with Gasteiger partial charge >= 0.3 is 0 Å². The van der Waals surface area contributed by atoms with Crippen LogP contribution in [0.4, 0.5) is 0 Å². The van der Waals surface area contributed by atoms with E-state index >= 15 is 0 Å². The van der Waals surface area contributed by atoms with E-state index in [9.17, 15) is 4.79 Å². The van der Waals surface area contributed by atoms with Crippen LogP contribution in [-0.2, 0) is 32.3 Å². The largest absolute Gasteiger partial charge is 0.379 e. The van der Waals surface area contributed by atoms with Crippen LogP contribution in [0.3, 0.4) is 0 Å². The van der Waals surface area contributed by atoms with Gasteiger partial charge in [0.25, 0.3) is 5.91 Å². The van der Waals surface area contributed by atoms with Crippen molar-refractivity contribution in [1.82, 2.24) is 34.1 Å². The average molecular weight is 706 g/mol. The summed E-state index contributed by atoms with van der Waals surface area (Å²) in [6, 6.07) is 7.96. The number of morpholine rings is 2. The molecule has 0 spiro atoms. The lowest BCUT2D eigenvalue weighted by Crippen LogP contribution is -2.40. The molecule has 4 aromatic rings. The first kappa shape index (κ1) is 39.4. The number of aromatic nitrogens is 5. The van der Waals surface area contributed by atoms with Gasteiger partial charge in [-0.1, -0.05) is 74.4 Å². The molecule has 2 aliphatic heterocycles. The van der Waals surface area contributed by atoms with Gasteiger partial charge < -0.3 is 14.4 Å². The minimum Gasteiger partial charge on any atom is -0.379 e. The van der Waals surface area contributed by atoms with E-state index in [0.717, 1.165) is 61.6 Å². The Kier molecular flexibility index (Phi) is 13.6. The summed E-state index contributed by atoms with van der Waals surface area (Å²) in [4.78, 5) is 25.3. The Bertz CT molecular complexity index is 1610. The third-order valence-electron chi connectivity index (χ3n) is 8.84. The summed E-state index contributed by atoms with van der Waals surface area (Å²) in [6.07, 6.45) is 7.90. The van der Waals surface area contributed by atoms with Gasteiger partial charge in [0.05, 0.1) is 44.9 Å². The maximum Gasteiger partial charge on any atom is 0.254 e. The molecule has 6 rings (SSSR count). The average Bonchev–Trinajstić information content (AvgIpc) is 3.86. The number of thiazole rings is 1. The lowest BCUT2D eigenvalue weighted by molar-refractivity contribution is 0.0303. The highest BCUT2D eigenvalue weighted by molar-refractivity contribution is 7.12. The summed E-state index contributed by atoms with van der Waals surface area (Å²) in [5.74, 6) is 1.09. The second-order valence-corrected chi connectivity index (χ2v) is 16.9. The predicted octanol–water partition coefficient (Wildman–Crippen LogP) is 6.90. The standard InChI is InChI=1S/C15H21NO2.C13H23N3O.C11H15N3S/c1-15(2,3)13-6-4-12(5-7-13)14(17)16-8-10-18-11-9-16;1-13(2,3)12-10-14-16(11-12)5-4-15-6-8-17-9-7-15;1-8-12-5-6-14(8)10-13-9(7-15-10)11(2,3)4/h4-7H,8-11H2,1-3H3;10-11H,4-9H2,1-3H3;5-7H,1-4H3. The molecular formula is C39H59N7O3S. The second kappa shape index (κ2) is 17.2. The summed E-state index contributed by atoms with van der Waals surface area (Å²) in [5, 5.41) is 7.54. The van der Waals surface area contributed by atoms with E-state index in [2.05, 4.69) is 98.5 Å². The fourth-order valence-electron chi connectivity index (χ4n) is 5.30. The Morgan fingerprint density at radius 1 is 0.800 bits per heavy atom. The monoisotopic (exact) mass is 705 g/mol. The van der Waals surface area contributed by atoms with Crippen molar-refractivity contribution >= 4 is 17.2 Å². The molecule has 0 unspecified atom stereocenters. The highest BCUT2D eigenvalue weighted by Crippen LogP contribution is 2.26. The zero-order valence-electron chi connectivity index (χ0n) is 32.0. The maximum atomic E-state index is 12.2. The molecule has 5 heterocycles. The number of imidazole rings is 1. The fourth-order valence-corrected chi connectivity index (χ4v) is 6.38. The van der Waals surface area contributed by atoms with Crippen LogP contribution in [0.2, 0.25) is 0 Å². The highest BCUT2D eigenvalue weighted by Gasteiger charge is 2.21. The fraction of sp³-hybridized carbons (Fsp3) is 0.590. The molecule has 50 heavy (non-hydrogen) atoms. The number of nitrogens with zero attached hydrogens (tertiary/aromatic N) is 7. The van der Waals surface area contributed by atoms with Crippen molar-refractivity contribution in [2.24, 2.45) is 0 Å². The minimum atomic E-state index is 0.110. The SMILES string of the molecule is CC(C)(C)c1ccc(C(=O)N2CCOCC2)cc1.CC(C)(C)c1cnn(CCN2CCOCC2)c1.Cc1nccn1-c1nc(C(C)(C)C)cs1. The summed E-state index contributed by atoms with van der Waals surface area (Å²) < 4.78 is 14.7. The molecule has 2 fully saturated rings. The zero-order valence-corrected chi connectivity index (χ0v) is 32.8. The molecule has 3 aromatic heterocycles. The Labute approximate surface area is 303 Å². The van der Waals surface area contributed by atoms with Gasteiger partial charge in [0.15, 0.2) is 5.13 Å². The Morgan fingerprint density at radius 2 is 1.40 bits per heavy atom. The normalized spacial score (nSPS) is 15.9. The summed E-state index contributed by atoms with van der Waals surface area (Å²) >= 11 is 1.66. The van der Waals surface area contributed by atoms with Crippen LogP contribution in [-0.4, -0.2) is 99.2 Å². The lowest BCUT2D eigenvalue weighted by atomic mass is 9.86. The maximum absolute atomic E-state index is 12.2. The van der Waals surface area contributed by atoms with Gasteiger partial charge in [-0.15, -0.1) is 11.3 Å². The molecule has 2 saturated heterocycles. The van der Waals surface area contributed by atoms with Gasteiger partial charge in [-0.05, 0) is 41.0 Å². The van der Waals surface area contributed by atoms with Crippen molar-refractivity contribution in [1.29, 1.82) is 0 Å². The summed E-state index contributed by atoms with van der Waals surface area (Å²) in [7, 11) is 0. The van der Waals surface area contributed by atoms with E-state index in [4.69, 9.17) is 9.47 Å². The molecule has 0 N–H and O–H groups in total. The van der Waals surface area contributed by atoms with Crippen LogP contribution in [0.15, 0.2) is 54.4 Å². The van der Waals surface area contributed by atoms with Crippen molar-refractivity contribution in [2.75, 3.05) is 59.2 Å². The molecule has 1 aromatic carbocycles. The number of rotatable bonds is 5. The van der Waals surface area contributed by atoms with Crippen molar-refractivity contribution in [2.45, 2.75) is 92.0 Å². The highest BCUT2D eigenvalue weighted by atomic mass is 32.1. The van der Waals surface area contributed by atoms with Gasteiger partial charge in [-0.2, -0.15) is 5.10 Å². The van der Waals surface area contributed by atoms with E-state index in [1.54, 1.807) is 17.5 Å². The Balaban J connectivity index is 0.000000169. The van der Waals surface area contributed by atoms with Gasteiger partial charge in [0, 0.05) is 67.7 Å². The van der Waals surface area contributed by atoms with Crippen LogP contribution < -0.4 is 0 Å². The first-order valence-corrected chi connectivity index (χ1v) is 18.7. The molecule has 274 valence electrons. The quantitative estimate of drug-likeness (QED) is 0.223. The number of carbonyl (C=O) groups excluding carboxylic acids is 1. The topological polar surface area (TPSA) is 90.5 Å². The summed E-state index contributed by atoms with van der Waals surface area (Å²) in [6.45, 7) is 30.2. The minimum absolute atomic E-state index is 0.110. The number of benzene rings is 1. The van der Waals surface area contributed by atoms with Crippen LogP contribution in [0.5, 0.6) is 0 Å². The molecule has 0 saturated carbocycles. The van der Waals surface area contributed by atoms with Crippen LogP contribution in [0, 0.1) is 6.92 Å². The van der Waals surface area contributed by atoms with E-state index in [-0.39, 0.29) is 22.2 Å². The molecule has 10 nitrogen and oxygen atoms in total. The van der Waals surface area contributed by atoms with Gasteiger partial charge in [0.1, 0.15) is 5.82 Å². The number of amides is 1. The molecule has 1 amide bonds. The number of hydrogen-bond donors (Lipinski definition) is 0. The number of hydrogen-bond acceptors (Lipinski definition) is 8. The van der Waals surface area contributed by atoms with Crippen molar-refractivity contribution in [3.8, 4) is 5.13 Å². The van der Waals surface area contributed by atoms with E-state index in [1.165, 1.54) is 11.1 Å². The van der Waals surface area contributed by atoms with Crippen molar-refractivity contribution < 1.29 is 14.3 Å². The van der Waals surface area contributed by atoms with Crippen molar-refractivity contribution in [3.63, 3.8) is 0 Å². The second-order valence-electron chi connectivity index (χ2n) is 16.0. The van der Waals surface area contributed by atoms with E-state index in [0.29, 0.717) is 26.3 Å². The van der Waals surface area contributed by atoms with Gasteiger partial charge in [-0.3, -0.25) is 18.9 Å². The molecular weight excluding hydrogens is 647 g/mol. The van der Waals surface area contributed by atoms with Crippen LogP contribution >= 0.6 is 11.3 Å². The lowest BCUT2D eigenvalue weighted by Gasteiger charge is -2.27. The molecule has 0 aliphatic carbocycles. The Hall–Kier alpha value is -3.38. The van der Waals surface area contributed by atoms with E-state index < -0.39 is 0 Å². The van der Waals surface area contributed by atoms with Crippen molar-refractivity contribution in [3.05, 3.63) is 82.6 Å². The third-order valence-corrected chi connectivity index (χ3v) is 9.68. The smallest absolute Gasteiger partial charge is 0.254 e. The number of aryl methyl sites for hydroxylation is 1. The number of ether oxygens (including phenoxy) is 2. The zero-order chi connectivity index (χ0) is 36.5. The third kappa shape index (κ3) is 11.6. The molecule has 0 radical (unpaired) electrons. The van der Waals surface area contributed by atoms with Crippen LogP contribution in [0.1, 0.15) is 95.3 Å². The van der Waals surface area contributed by atoms with Crippen LogP contribution in [0.25, 0.3) is 5.13 Å². The molecule has 0 atom stereocenters.